The predicted octanol–water partition coefficient (Wildman–Crippen LogP) is 7.00. The number of pyridine rings is 2. The standard InChI is InChI=1S/C40H50ClFN4O5Si/c1-24-28(22-49-52(39(6,7)8,26-16-12-10-13-17-26)27-18-14-11-15-19-27)44-35(47)31-30(24)32(42)34(41)45-36(31)50-25(2)33-29-20-21-40(9,23-43-33)46(29)37(48)51-38(3,4)5/h10-19,25,29,33,43H,20-23H2,1-9H3,(H,44,47)/t25-,29-,33+,40+/m0/s1. The number of fused-ring (bicyclic) bond motifs is 3. The fraction of sp³-hybridized carbons (Fsp3) is 0.475. The van der Waals surface area contributed by atoms with Crippen LogP contribution in [0.1, 0.15) is 79.5 Å². The van der Waals surface area contributed by atoms with Crippen molar-refractivity contribution in [3.05, 3.63) is 93.2 Å². The molecule has 278 valence electrons. The van der Waals surface area contributed by atoms with Gasteiger partial charge in [-0.15, -0.1) is 0 Å². The Balaban J connectivity index is 1.35. The van der Waals surface area contributed by atoms with Gasteiger partial charge in [0.1, 0.15) is 17.1 Å². The van der Waals surface area contributed by atoms with Crippen LogP contribution < -0.4 is 26.0 Å². The van der Waals surface area contributed by atoms with Crippen molar-refractivity contribution in [3.8, 4) is 5.88 Å². The minimum Gasteiger partial charge on any atom is -0.472 e. The summed E-state index contributed by atoms with van der Waals surface area (Å²) in [7, 11) is -2.98. The smallest absolute Gasteiger partial charge is 0.411 e. The van der Waals surface area contributed by atoms with Crippen molar-refractivity contribution >= 4 is 47.2 Å². The van der Waals surface area contributed by atoms with E-state index in [-0.39, 0.29) is 46.5 Å². The highest BCUT2D eigenvalue weighted by atomic mass is 35.5. The third-order valence-electron chi connectivity index (χ3n) is 10.7. The highest BCUT2D eigenvalue weighted by Gasteiger charge is 2.55. The van der Waals surface area contributed by atoms with E-state index in [9.17, 15) is 9.59 Å². The second-order valence-corrected chi connectivity index (χ2v) is 21.1. The number of amides is 1. The molecule has 12 heteroatoms. The van der Waals surface area contributed by atoms with Crippen molar-refractivity contribution in [2.75, 3.05) is 6.54 Å². The van der Waals surface area contributed by atoms with E-state index in [2.05, 4.69) is 67.2 Å². The Bertz CT molecular complexity index is 1980. The van der Waals surface area contributed by atoms with E-state index in [1.54, 1.807) is 6.92 Å². The molecule has 0 spiro atoms. The quantitative estimate of drug-likeness (QED) is 0.148. The van der Waals surface area contributed by atoms with Gasteiger partial charge in [-0.05, 0) is 75.4 Å². The van der Waals surface area contributed by atoms with Crippen LogP contribution in [0.25, 0.3) is 10.8 Å². The average Bonchev–Trinajstić information content (AvgIpc) is 3.31. The van der Waals surface area contributed by atoms with Crippen LogP contribution in [0.2, 0.25) is 10.2 Å². The van der Waals surface area contributed by atoms with Crippen molar-refractivity contribution in [1.29, 1.82) is 0 Å². The molecule has 2 aromatic heterocycles. The number of halogens is 2. The summed E-state index contributed by atoms with van der Waals surface area (Å²) < 4.78 is 35.3. The Morgan fingerprint density at radius 2 is 1.65 bits per heavy atom. The molecule has 0 aliphatic carbocycles. The summed E-state index contributed by atoms with van der Waals surface area (Å²) in [5.74, 6) is -0.875. The molecule has 2 aliphatic rings. The monoisotopic (exact) mass is 748 g/mol. The maximum Gasteiger partial charge on any atom is 0.411 e. The fourth-order valence-corrected chi connectivity index (χ4v) is 12.9. The van der Waals surface area contributed by atoms with Crippen LogP contribution in [-0.4, -0.2) is 65.2 Å². The lowest BCUT2D eigenvalue weighted by molar-refractivity contribution is -0.0243. The van der Waals surface area contributed by atoms with Gasteiger partial charge in [0.25, 0.3) is 13.9 Å². The number of hydrogen-bond donors (Lipinski definition) is 2. The van der Waals surface area contributed by atoms with E-state index in [0.29, 0.717) is 17.8 Å². The number of rotatable bonds is 8. The molecule has 2 aromatic carbocycles. The van der Waals surface area contributed by atoms with E-state index in [0.717, 1.165) is 23.2 Å². The number of nitrogens with zero attached hydrogens (tertiary/aromatic N) is 2. The number of H-pyrrole nitrogens is 1. The zero-order chi connectivity index (χ0) is 37.8. The maximum absolute atomic E-state index is 16.0. The Morgan fingerprint density at radius 1 is 1.06 bits per heavy atom. The predicted molar refractivity (Wildman–Crippen MR) is 206 cm³/mol. The van der Waals surface area contributed by atoms with E-state index in [1.807, 2.05) is 69.0 Å². The van der Waals surface area contributed by atoms with Gasteiger partial charge in [-0.25, -0.2) is 9.18 Å². The highest BCUT2D eigenvalue weighted by molar-refractivity contribution is 6.99. The molecule has 2 bridgehead atoms. The van der Waals surface area contributed by atoms with Crippen molar-refractivity contribution < 1.29 is 23.1 Å². The fourth-order valence-electron chi connectivity index (χ4n) is 8.18. The first-order valence-electron chi connectivity index (χ1n) is 18.0. The molecule has 2 N–H and O–H groups in total. The Kier molecular flexibility index (Phi) is 10.1. The Morgan fingerprint density at radius 3 is 2.21 bits per heavy atom. The normalized spacial score (nSPS) is 21.3. The third kappa shape index (κ3) is 6.76. The largest absolute Gasteiger partial charge is 0.472 e. The molecule has 2 aliphatic heterocycles. The van der Waals surface area contributed by atoms with Gasteiger partial charge in [-0.3, -0.25) is 9.69 Å². The second-order valence-electron chi connectivity index (χ2n) is 16.5. The molecular formula is C40H50ClFN4O5Si. The van der Waals surface area contributed by atoms with E-state index < -0.39 is 42.1 Å². The first-order valence-corrected chi connectivity index (χ1v) is 20.2. The molecule has 2 fully saturated rings. The van der Waals surface area contributed by atoms with Gasteiger partial charge in [-0.1, -0.05) is 93.0 Å². The summed E-state index contributed by atoms with van der Waals surface area (Å²) in [5, 5.41) is 5.03. The minimum absolute atomic E-state index is 0.0310. The molecule has 1 amide bonds. The van der Waals surface area contributed by atoms with Crippen molar-refractivity contribution in [2.24, 2.45) is 0 Å². The number of aromatic nitrogens is 2. The Labute approximate surface area is 311 Å². The SMILES string of the molecule is Cc1c(CO[Si](c2ccccc2)(c2ccccc2)C(C)(C)C)[nH]c(=O)c2c(O[C@@H](C)[C@H]3NC[C@@]4(C)CC[C@@H]3N4C(=O)OC(C)(C)C)nc(Cl)c(F)c12. The zero-order valence-electron chi connectivity index (χ0n) is 31.5. The molecule has 6 rings (SSSR count). The molecule has 0 saturated carbocycles. The van der Waals surface area contributed by atoms with Crippen LogP contribution >= 0.6 is 11.6 Å². The number of carbonyl (C=O) groups excluding carboxylic acids is 1. The van der Waals surface area contributed by atoms with Gasteiger partial charge in [0.15, 0.2) is 11.0 Å². The van der Waals surface area contributed by atoms with E-state index in [1.165, 1.54) is 0 Å². The first-order chi connectivity index (χ1) is 24.4. The van der Waals surface area contributed by atoms with Crippen LogP contribution in [-0.2, 0) is 15.8 Å². The van der Waals surface area contributed by atoms with Crippen LogP contribution in [0, 0.1) is 12.7 Å². The summed E-state index contributed by atoms with van der Waals surface area (Å²) >= 11 is 6.43. The molecule has 2 saturated heterocycles. The highest BCUT2D eigenvalue weighted by Crippen LogP contribution is 2.42. The van der Waals surface area contributed by atoms with Crippen molar-refractivity contribution in [2.45, 2.75) is 116 Å². The van der Waals surface area contributed by atoms with Crippen molar-refractivity contribution in [3.63, 3.8) is 0 Å². The number of hydrogen-bond acceptors (Lipinski definition) is 7. The molecule has 4 atom stereocenters. The van der Waals surface area contributed by atoms with E-state index >= 15 is 4.39 Å². The summed E-state index contributed by atoms with van der Waals surface area (Å²) in [6, 6.07) is 19.8. The average molecular weight is 749 g/mol. The summed E-state index contributed by atoms with van der Waals surface area (Å²) in [5.41, 5.74) is -0.699. The number of aryl methyl sites for hydroxylation is 1. The number of carbonyl (C=O) groups is 1. The lowest BCUT2D eigenvalue weighted by Crippen LogP contribution is -2.68. The van der Waals surface area contributed by atoms with Gasteiger partial charge in [-0.2, -0.15) is 4.98 Å². The Hall–Kier alpha value is -3.77. The number of benzene rings is 2. The van der Waals surface area contributed by atoms with Gasteiger partial charge in [0, 0.05) is 17.6 Å². The number of aromatic amines is 1. The minimum atomic E-state index is -2.98. The van der Waals surface area contributed by atoms with Crippen LogP contribution in [0.15, 0.2) is 65.5 Å². The van der Waals surface area contributed by atoms with Gasteiger partial charge in [0.2, 0.25) is 5.88 Å². The van der Waals surface area contributed by atoms with Gasteiger partial charge >= 0.3 is 6.09 Å². The van der Waals surface area contributed by atoms with Gasteiger partial charge < -0.3 is 24.2 Å². The van der Waals surface area contributed by atoms with Crippen LogP contribution in [0.4, 0.5) is 9.18 Å². The number of piperazine rings is 1. The van der Waals surface area contributed by atoms with Crippen LogP contribution in [0.3, 0.4) is 0 Å². The first kappa shape index (κ1) is 38.0. The molecule has 4 aromatic rings. The molecule has 52 heavy (non-hydrogen) atoms. The lowest BCUT2D eigenvalue weighted by atomic mass is 9.96. The lowest BCUT2D eigenvalue weighted by Gasteiger charge is -2.47. The zero-order valence-corrected chi connectivity index (χ0v) is 33.3. The second kappa shape index (κ2) is 13.9. The van der Waals surface area contributed by atoms with Gasteiger partial charge in [0.05, 0.1) is 24.2 Å². The maximum atomic E-state index is 16.0. The summed E-state index contributed by atoms with van der Waals surface area (Å²) in [6.45, 7) is 18.3. The number of ether oxygens (including phenoxy) is 2. The topological polar surface area (TPSA) is 106 Å². The van der Waals surface area contributed by atoms with E-state index in [4.69, 9.17) is 25.5 Å². The van der Waals surface area contributed by atoms with Crippen molar-refractivity contribution in [1.82, 2.24) is 20.2 Å². The molecular weight excluding hydrogens is 699 g/mol. The number of nitrogens with one attached hydrogen (secondary N) is 2. The van der Waals surface area contributed by atoms with Crippen LogP contribution in [0.5, 0.6) is 5.88 Å². The molecule has 9 nitrogen and oxygen atoms in total. The summed E-state index contributed by atoms with van der Waals surface area (Å²) in [6.07, 6.45) is 0.597. The molecule has 0 unspecified atom stereocenters. The molecule has 0 radical (unpaired) electrons. The third-order valence-corrected chi connectivity index (χ3v) is 15.9. The summed E-state index contributed by atoms with van der Waals surface area (Å²) in [4.78, 5) is 36.5. The molecule has 4 heterocycles.